The van der Waals surface area contributed by atoms with Crippen LogP contribution in [0.3, 0.4) is 0 Å². The van der Waals surface area contributed by atoms with Crippen molar-refractivity contribution < 1.29 is 9.90 Å². The van der Waals surface area contributed by atoms with E-state index in [0.717, 1.165) is 24.1 Å². The van der Waals surface area contributed by atoms with Gasteiger partial charge in [0.2, 0.25) is 0 Å². The lowest BCUT2D eigenvalue weighted by atomic mass is 9.93. The number of fused-ring (bicyclic) bond motifs is 1. The molecule has 0 unspecified atom stereocenters. The molecule has 0 bridgehead atoms. The Morgan fingerprint density at radius 2 is 2.14 bits per heavy atom. The lowest BCUT2D eigenvalue weighted by Crippen LogP contribution is -2.46. The summed E-state index contributed by atoms with van der Waals surface area (Å²) >= 11 is 0. The third-order valence-electron chi connectivity index (χ3n) is 4.08. The summed E-state index contributed by atoms with van der Waals surface area (Å²) in [6.07, 6.45) is 5.22. The summed E-state index contributed by atoms with van der Waals surface area (Å²) in [5.41, 5.74) is 3.53. The molecule has 1 aromatic heterocycles. The Morgan fingerprint density at radius 3 is 2.81 bits per heavy atom. The third-order valence-corrected chi connectivity index (χ3v) is 4.08. The Labute approximate surface area is 123 Å². The van der Waals surface area contributed by atoms with Gasteiger partial charge < -0.3 is 5.11 Å². The zero-order valence-corrected chi connectivity index (χ0v) is 12.1. The maximum absolute atomic E-state index is 11.5. The first kappa shape index (κ1) is 13.8. The van der Waals surface area contributed by atoms with Crippen LogP contribution >= 0.6 is 0 Å². The Balaban J connectivity index is 1.74. The summed E-state index contributed by atoms with van der Waals surface area (Å²) in [6, 6.07) is 7.67. The number of carbonyl (C=O) groups is 1. The highest BCUT2D eigenvalue weighted by molar-refractivity contribution is 5.74. The summed E-state index contributed by atoms with van der Waals surface area (Å²) in [6.45, 7) is 1.43. The van der Waals surface area contributed by atoms with Crippen molar-refractivity contribution in [2.24, 2.45) is 7.05 Å². The fourth-order valence-corrected chi connectivity index (χ4v) is 2.93. The van der Waals surface area contributed by atoms with Gasteiger partial charge in [-0.25, -0.2) is 0 Å². The monoisotopic (exact) mass is 285 g/mol. The van der Waals surface area contributed by atoms with E-state index in [-0.39, 0.29) is 0 Å². The van der Waals surface area contributed by atoms with Crippen molar-refractivity contribution in [3.63, 3.8) is 0 Å². The van der Waals surface area contributed by atoms with E-state index in [4.69, 9.17) is 0 Å². The average molecular weight is 285 g/mol. The zero-order valence-electron chi connectivity index (χ0n) is 12.1. The number of rotatable bonds is 4. The van der Waals surface area contributed by atoms with Crippen LogP contribution in [0.5, 0.6) is 0 Å². The number of aryl methyl sites for hydroxylation is 1. The first-order chi connectivity index (χ1) is 10.1. The molecule has 0 aliphatic carbocycles. The molecule has 2 heterocycles. The lowest BCUT2D eigenvalue weighted by Gasteiger charge is -2.34. The van der Waals surface area contributed by atoms with Gasteiger partial charge in [-0.05, 0) is 29.5 Å². The van der Waals surface area contributed by atoms with Crippen molar-refractivity contribution in [2.45, 2.75) is 25.4 Å². The second-order valence-corrected chi connectivity index (χ2v) is 5.57. The molecule has 110 valence electrons. The Hall–Kier alpha value is -2.14. The molecule has 0 saturated heterocycles. The molecular weight excluding hydrogens is 266 g/mol. The number of benzene rings is 1. The van der Waals surface area contributed by atoms with Crippen molar-refractivity contribution in [2.75, 3.05) is 6.54 Å². The molecule has 0 saturated carbocycles. The van der Waals surface area contributed by atoms with Crippen molar-refractivity contribution >= 4 is 5.97 Å². The molecule has 1 N–H and O–H groups in total. The van der Waals surface area contributed by atoms with Crippen LogP contribution in [0, 0.1) is 0 Å². The standard InChI is InChI=1S/C16H19N3O2/c1-18-10-12(9-17-18)6-7-19-11-14-5-3-2-4-13(14)8-15(19)16(20)21/h2-5,9-10,15H,6-8,11H2,1H3,(H,20,21)/t15-/m0/s1. The van der Waals surface area contributed by atoms with Crippen LogP contribution in [0.2, 0.25) is 0 Å². The molecule has 2 aromatic rings. The molecule has 0 spiro atoms. The van der Waals surface area contributed by atoms with E-state index >= 15 is 0 Å². The minimum atomic E-state index is -0.740. The van der Waals surface area contributed by atoms with Gasteiger partial charge in [0.15, 0.2) is 0 Å². The number of nitrogens with zero attached hydrogens (tertiary/aromatic N) is 3. The maximum Gasteiger partial charge on any atom is 0.321 e. The summed E-state index contributed by atoms with van der Waals surface area (Å²) in [7, 11) is 1.89. The van der Waals surface area contributed by atoms with E-state index in [1.54, 1.807) is 4.68 Å². The number of hydrogen-bond acceptors (Lipinski definition) is 3. The van der Waals surface area contributed by atoms with Gasteiger partial charge in [-0.2, -0.15) is 5.10 Å². The van der Waals surface area contributed by atoms with Gasteiger partial charge in [0.25, 0.3) is 0 Å². The van der Waals surface area contributed by atoms with Crippen LogP contribution in [0.1, 0.15) is 16.7 Å². The van der Waals surface area contributed by atoms with Gasteiger partial charge in [0.1, 0.15) is 6.04 Å². The van der Waals surface area contributed by atoms with E-state index in [0.29, 0.717) is 13.0 Å². The summed E-state index contributed by atoms with van der Waals surface area (Å²) in [5.74, 6) is -0.740. The lowest BCUT2D eigenvalue weighted by molar-refractivity contribution is -0.143. The largest absolute Gasteiger partial charge is 0.480 e. The Bertz CT molecular complexity index is 650. The number of aliphatic carboxylic acids is 1. The molecule has 0 amide bonds. The maximum atomic E-state index is 11.5. The SMILES string of the molecule is Cn1cc(CCN2Cc3ccccc3C[C@H]2C(=O)O)cn1. The quantitative estimate of drug-likeness (QED) is 0.924. The highest BCUT2D eigenvalue weighted by Gasteiger charge is 2.30. The van der Waals surface area contributed by atoms with Crippen LogP contribution in [0.25, 0.3) is 0 Å². The van der Waals surface area contributed by atoms with E-state index in [1.807, 2.05) is 37.6 Å². The summed E-state index contributed by atoms with van der Waals surface area (Å²) in [4.78, 5) is 13.6. The van der Waals surface area contributed by atoms with Crippen LogP contribution < -0.4 is 0 Å². The van der Waals surface area contributed by atoms with E-state index in [2.05, 4.69) is 16.1 Å². The molecular formula is C16H19N3O2. The van der Waals surface area contributed by atoms with Crippen molar-refractivity contribution in [3.05, 3.63) is 53.3 Å². The minimum absolute atomic E-state index is 0.434. The van der Waals surface area contributed by atoms with Crippen LogP contribution in [0.15, 0.2) is 36.7 Å². The number of carboxylic acids is 1. The predicted molar refractivity (Wildman–Crippen MR) is 78.9 cm³/mol. The van der Waals surface area contributed by atoms with Gasteiger partial charge >= 0.3 is 5.97 Å². The first-order valence-corrected chi connectivity index (χ1v) is 7.14. The molecule has 1 aliphatic rings. The molecule has 3 rings (SSSR count). The number of aromatic nitrogens is 2. The molecule has 5 nitrogen and oxygen atoms in total. The molecule has 21 heavy (non-hydrogen) atoms. The van der Waals surface area contributed by atoms with Crippen LogP contribution in [0.4, 0.5) is 0 Å². The molecule has 0 fully saturated rings. The topological polar surface area (TPSA) is 58.4 Å². The summed E-state index contributed by atoms with van der Waals surface area (Å²) in [5, 5.41) is 13.6. The fourth-order valence-electron chi connectivity index (χ4n) is 2.93. The van der Waals surface area contributed by atoms with Gasteiger partial charge in [-0.3, -0.25) is 14.4 Å². The number of hydrogen-bond donors (Lipinski definition) is 1. The predicted octanol–water partition coefficient (Wildman–Crippen LogP) is 1.47. The van der Waals surface area contributed by atoms with Gasteiger partial charge in [-0.1, -0.05) is 24.3 Å². The number of carboxylic acid groups (broad SMARTS) is 1. The zero-order chi connectivity index (χ0) is 14.8. The van der Waals surface area contributed by atoms with Crippen LogP contribution in [-0.4, -0.2) is 38.3 Å². The first-order valence-electron chi connectivity index (χ1n) is 7.14. The van der Waals surface area contributed by atoms with Crippen molar-refractivity contribution in [3.8, 4) is 0 Å². The van der Waals surface area contributed by atoms with E-state index in [1.165, 1.54) is 5.56 Å². The minimum Gasteiger partial charge on any atom is -0.480 e. The second kappa shape index (κ2) is 5.69. The van der Waals surface area contributed by atoms with Crippen LogP contribution in [-0.2, 0) is 31.2 Å². The molecule has 1 aromatic carbocycles. The molecule has 0 radical (unpaired) electrons. The molecule has 1 atom stereocenters. The average Bonchev–Trinajstić information content (AvgIpc) is 2.89. The Kier molecular flexibility index (Phi) is 3.75. The van der Waals surface area contributed by atoms with Crippen molar-refractivity contribution in [1.29, 1.82) is 0 Å². The highest BCUT2D eigenvalue weighted by atomic mass is 16.4. The summed E-state index contributed by atoms with van der Waals surface area (Å²) < 4.78 is 1.77. The highest BCUT2D eigenvalue weighted by Crippen LogP contribution is 2.23. The third kappa shape index (κ3) is 2.97. The fraction of sp³-hybridized carbons (Fsp3) is 0.375. The molecule has 5 heteroatoms. The second-order valence-electron chi connectivity index (χ2n) is 5.57. The van der Waals surface area contributed by atoms with E-state index in [9.17, 15) is 9.90 Å². The van der Waals surface area contributed by atoms with Gasteiger partial charge in [0.05, 0.1) is 6.20 Å². The smallest absolute Gasteiger partial charge is 0.321 e. The van der Waals surface area contributed by atoms with Crippen molar-refractivity contribution in [1.82, 2.24) is 14.7 Å². The molecule has 1 aliphatic heterocycles. The van der Waals surface area contributed by atoms with E-state index < -0.39 is 12.0 Å². The van der Waals surface area contributed by atoms with Gasteiger partial charge in [-0.15, -0.1) is 0 Å². The normalized spacial score (nSPS) is 18.4. The van der Waals surface area contributed by atoms with Gasteiger partial charge in [0, 0.05) is 26.3 Å². The Morgan fingerprint density at radius 1 is 1.38 bits per heavy atom.